The van der Waals surface area contributed by atoms with Gasteiger partial charge in [0.05, 0.1) is 0 Å². The van der Waals surface area contributed by atoms with Crippen molar-refractivity contribution in [1.29, 1.82) is 0 Å². The predicted molar refractivity (Wildman–Crippen MR) is 67.2 cm³/mol. The van der Waals surface area contributed by atoms with Gasteiger partial charge in [0.2, 0.25) is 0 Å². The zero-order valence-electron chi connectivity index (χ0n) is 9.94. The predicted octanol–water partition coefficient (Wildman–Crippen LogP) is 1.70. The highest BCUT2D eigenvalue weighted by Gasteiger charge is 2.06. The van der Waals surface area contributed by atoms with Crippen LogP contribution in [0.4, 0.5) is 5.82 Å². The summed E-state index contributed by atoms with van der Waals surface area (Å²) in [6.45, 7) is 4.05. The zero-order valence-corrected chi connectivity index (χ0v) is 9.94. The molecule has 0 radical (unpaired) electrons. The number of aryl methyl sites for hydroxylation is 2. The van der Waals surface area contributed by atoms with E-state index in [4.69, 9.17) is 5.84 Å². The summed E-state index contributed by atoms with van der Waals surface area (Å²) in [5.74, 6) is 6.59. The number of hydrazine groups is 1. The molecule has 17 heavy (non-hydrogen) atoms. The first-order valence-electron chi connectivity index (χ1n) is 5.50. The average Bonchev–Trinajstić information content (AvgIpc) is 2.38. The fraction of sp³-hybridized carbons (Fsp3) is 0.250. The molecule has 5 nitrogen and oxygen atoms in total. The van der Waals surface area contributed by atoms with Crippen LogP contribution >= 0.6 is 0 Å². The first kappa shape index (κ1) is 11.5. The average molecular weight is 229 g/mol. The van der Waals surface area contributed by atoms with Gasteiger partial charge in [0.15, 0.2) is 5.82 Å². The van der Waals surface area contributed by atoms with E-state index in [-0.39, 0.29) is 0 Å². The summed E-state index contributed by atoms with van der Waals surface area (Å²) in [5.41, 5.74) is 5.37. The second kappa shape index (κ2) is 4.88. The van der Waals surface area contributed by atoms with Crippen LogP contribution in [-0.4, -0.2) is 15.0 Å². The van der Waals surface area contributed by atoms with Crippen molar-refractivity contribution in [3.63, 3.8) is 0 Å². The third-order valence-electron chi connectivity index (χ3n) is 2.43. The van der Waals surface area contributed by atoms with E-state index in [0.29, 0.717) is 11.6 Å². The summed E-state index contributed by atoms with van der Waals surface area (Å²) in [6.07, 6.45) is 2.58. The molecule has 2 aromatic heterocycles. The molecule has 88 valence electrons. The van der Waals surface area contributed by atoms with Crippen molar-refractivity contribution < 1.29 is 0 Å². The van der Waals surface area contributed by atoms with E-state index in [1.54, 1.807) is 6.20 Å². The van der Waals surface area contributed by atoms with E-state index >= 15 is 0 Å². The molecule has 0 unspecified atom stereocenters. The number of anilines is 1. The lowest BCUT2D eigenvalue weighted by Crippen LogP contribution is -2.10. The monoisotopic (exact) mass is 229 g/mol. The van der Waals surface area contributed by atoms with Gasteiger partial charge in [-0.05, 0) is 31.0 Å². The molecular formula is C12H15N5. The van der Waals surface area contributed by atoms with Gasteiger partial charge >= 0.3 is 0 Å². The van der Waals surface area contributed by atoms with Gasteiger partial charge in [0.25, 0.3) is 0 Å². The number of nitrogens with two attached hydrogens (primary N) is 1. The number of nitrogens with zero attached hydrogens (tertiary/aromatic N) is 3. The minimum Gasteiger partial charge on any atom is -0.308 e. The molecule has 0 saturated carbocycles. The molecule has 5 heteroatoms. The molecule has 0 bridgehead atoms. The van der Waals surface area contributed by atoms with Gasteiger partial charge in [-0.25, -0.2) is 15.8 Å². The van der Waals surface area contributed by atoms with E-state index in [9.17, 15) is 0 Å². The maximum absolute atomic E-state index is 5.39. The van der Waals surface area contributed by atoms with Gasteiger partial charge in [-0.1, -0.05) is 6.92 Å². The zero-order chi connectivity index (χ0) is 12.3. The Morgan fingerprint density at radius 2 is 2.12 bits per heavy atom. The SMILES string of the molecule is CCc1cc(NN)nc(-c2cc(C)ccn2)n1. The Hall–Kier alpha value is -2.01. The molecule has 0 fully saturated rings. The molecule has 0 aliphatic rings. The van der Waals surface area contributed by atoms with Crippen LogP contribution in [0.15, 0.2) is 24.4 Å². The minimum absolute atomic E-state index is 0.598. The Kier molecular flexibility index (Phi) is 3.30. The lowest BCUT2D eigenvalue weighted by molar-refractivity contribution is 0.994. The van der Waals surface area contributed by atoms with Gasteiger partial charge in [0.1, 0.15) is 11.5 Å². The summed E-state index contributed by atoms with van der Waals surface area (Å²) >= 11 is 0. The molecule has 0 saturated heterocycles. The molecule has 0 aromatic carbocycles. The van der Waals surface area contributed by atoms with Gasteiger partial charge in [-0.15, -0.1) is 0 Å². The molecule has 0 amide bonds. The number of hydrogen-bond acceptors (Lipinski definition) is 5. The Morgan fingerprint density at radius 3 is 2.76 bits per heavy atom. The highest BCUT2D eigenvalue weighted by Crippen LogP contribution is 2.16. The fourth-order valence-electron chi connectivity index (χ4n) is 1.53. The number of pyridine rings is 1. The van der Waals surface area contributed by atoms with E-state index in [1.807, 2.05) is 32.0 Å². The van der Waals surface area contributed by atoms with Crippen molar-refractivity contribution in [2.75, 3.05) is 5.43 Å². The quantitative estimate of drug-likeness (QED) is 0.618. The van der Waals surface area contributed by atoms with Crippen molar-refractivity contribution in [1.82, 2.24) is 15.0 Å². The van der Waals surface area contributed by atoms with Crippen LogP contribution in [0.25, 0.3) is 11.5 Å². The van der Waals surface area contributed by atoms with Crippen LogP contribution < -0.4 is 11.3 Å². The molecule has 2 aromatic rings. The Morgan fingerprint density at radius 1 is 1.29 bits per heavy atom. The maximum Gasteiger partial charge on any atom is 0.180 e. The molecule has 2 heterocycles. The molecule has 0 aliphatic carbocycles. The number of rotatable bonds is 3. The number of nitrogens with one attached hydrogen (secondary N) is 1. The molecule has 2 rings (SSSR count). The topological polar surface area (TPSA) is 76.7 Å². The number of hydrogen-bond donors (Lipinski definition) is 2. The van der Waals surface area contributed by atoms with E-state index in [2.05, 4.69) is 20.4 Å². The standard InChI is InChI=1S/C12H15N5/c1-3-9-7-11(17-13)16-12(15-9)10-6-8(2)4-5-14-10/h4-7H,3,13H2,1-2H3,(H,15,16,17). The Labute approximate surface area is 100 Å². The lowest BCUT2D eigenvalue weighted by atomic mass is 10.2. The second-order valence-electron chi connectivity index (χ2n) is 3.78. The first-order chi connectivity index (χ1) is 8.22. The lowest BCUT2D eigenvalue weighted by Gasteiger charge is -2.06. The molecule has 0 spiro atoms. The summed E-state index contributed by atoms with van der Waals surface area (Å²) in [4.78, 5) is 13.0. The van der Waals surface area contributed by atoms with Crippen LogP contribution in [0.5, 0.6) is 0 Å². The van der Waals surface area contributed by atoms with Crippen molar-refractivity contribution >= 4 is 5.82 Å². The van der Waals surface area contributed by atoms with Crippen molar-refractivity contribution in [2.45, 2.75) is 20.3 Å². The Balaban J connectivity index is 2.50. The third kappa shape index (κ3) is 2.57. The van der Waals surface area contributed by atoms with Gasteiger partial charge < -0.3 is 5.43 Å². The third-order valence-corrected chi connectivity index (χ3v) is 2.43. The summed E-state index contributed by atoms with van der Waals surface area (Å²) in [6, 6.07) is 5.73. The largest absolute Gasteiger partial charge is 0.308 e. The van der Waals surface area contributed by atoms with Gasteiger partial charge in [-0.3, -0.25) is 4.98 Å². The van der Waals surface area contributed by atoms with Crippen LogP contribution in [0, 0.1) is 6.92 Å². The maximum atomic E-state index is 5.39. The summed E-state index contributed by atoms with van der Waals surface area (Å²) in [5, 5.41) is 0. The van der Waals surface area contributed by atoms with Crippen molar-refractivity contribution in [3.8, 4) is 11.5 Å². The molecule has 0 atom stereocenters. The van der Waals surface area contributed by atoms with E-state index < -0.39 is 0 Å². The van der Waals surface area contributed by atoms with E-state index in [0.717, 1.165) is 23.4 Å². The van der Waals surface area contributed by atoms with Gasteiger partial charge in [0, 0.05) is 18.0 Å². The molecule has 3 N–H and O–H groups in total. The minimum atomic E-state index is 0.598. The van der Waals surface area contributed by atoms with Crippen molar-refractivity contribution in [2.24, 2.45) is 5.84 Å². The Bertz CT molecular complexity index is 502. The smallest absolute Gasteiger partial charge is 0.180 e. The number of nitrogen functional groups attached to an aromatic ring is 1. The van der Waals surface area contributed by atoms with E-state index in [1.165, 1.54) is 0 Å². The van der Waals surface area contributed by atoms with Crippen LogP contribution in [0.3, 0.4) is 0 Å². The molecule has 0 aliphatic heterocycles. The molecular weight excluding hydrogens is 214 g/mol. The first-order valence-corrected chi connectivity index (χ1v) is 5.50. The second-order valence-corrected chi connectivity index (χ2v) is 3.78. The normalized spacial score (nSPS) is 10.3. The fourth-order valence-corrected chi connectivity index (χ4v) is 1.53. The summed E-state index contributed by atoms with van der Waals surface area (Å²) < 4.78 is 0. The van der Waals surface area contributed by atoms with Crippen LogP contribution in [0.1, 0.15) is 18.2 Å². The van der Waals surface area contributed by atoms with Crippen LogP contribution in [-0.2, 0) is 6.42 Å². The summed E-state index contributed by atoms with van der Waals surface area (Å²) in [7, 11) is 0. The number of aromatic nitrogens is 3. The van der Waals surface area contributed by atoms with Crippen molar-refractivity contribution in [3.05, 3.63) is 35.7 Å². The van der Waals surface area contributed by atoms with Crippen LogP contribution in [0.2, 0.25) is 0 Å². The van der Waals surface area contributed by atoms with Gasteiger partial charge in [-0.2, -0.15) is 0 Å². The highest BCUT2D eigenvalue weighted by atomic mass is 15.3. The highest BCUT2D eigenvalue weighted by molar-refractivity contribution is 5.53.